The number of aliphatic hydroxyl groups is 1. The molecule has 0 spiro atoms. The van der Waals surface area contributed by atoms with Gasteiger partial charge in [0.1, 0.15) is 0 Å². The average molecular weight is 73.1 g/mol. The lowest BCUT2D eigenvalue weighted by Gasteiger charge is -1.79. The molecule has 0 aromatic rings. The molecule has 0 aliphatic rings. The van der Waals surface area contributed by atoms with Crippen LogP contribution in [-0.2, 0) is 0 Å². The first-order valence-corrected chi connectivity index (χ1v) is 1.80. The first-order valence-electron chi connectivity index (χ1n) is 1.80. The standard InChI is InChI=1S/C4H9O/c1-2-3-4-5/h2,5H,3-4H2,1H3. The summed E-state index contributed by atoms with van der Waals surface area (Å²) in [4.78, 5) is 0. The van der Waals surface area contributed by atoms with Gasteiger partial charge in [0.25, 0.3) is 0 Å². The fourth-order valence-electron chi connectivity index (χ4n) is 0.129. The number of hydrogen-bond donors (Lipinski definition) is 1. The fraction of sp³-hybridized carbons (Fsp3) is 0.750. The molecule has 1 nitrogen and oxygen atoms in total. The van der Waals surface area contributed by atoms with E-state index in [1.165, 1.54) is 0 Å². The quantitative estimate of drug-likeness (QED) is 0.507. The zero-order chi connectivity index (χ0) is 4.12. The molecule has 0 unspecified atom stereocenters. The molecule has 5 heavy (non-hydrogen) atoms. The molecule has 1 N–H and O–H groups in total. The van der Waals surface area contributed by atoms with Crippen molar-refractivity contribution in [3.8, 4) is 0 Å². The van der Waals surface area contributed by atoms with E-state index in [9.17, 15) is 0 Å². The monoisotopic (exact) mass is 73.1 g/mol. The summed E-state index contributed by atoms with van der Waals surface area (Å²) < 4.78 is 0. The predicted octanol–water partition coefficient (Wildman–Crippen LogP) is 0.593. The Morgan fingerprint density at radius 1 is 1.80 bits per heavy atom. The van der Waals surface area contributed by atoms with Crippen molar-refractivity contribution < 1.29 is 5.11 Å². The van der Waals surface area contributed by atoms with Crippen LogP contribution in [0, 0.1) is 6.42 Å². The fourth-order valence-corrected chi connectivity index (χ4v) is 0.129. The number of aliphatic hydroxyl groups excluding tert-OH is 1. The largest absolute Gasteiger partial charge is 0.396 e. The van der Waals surface area contributed by atoms with Gasteiger partial charge in [-0.15, -0.1) is 0 Å². The van der Waals surface area contributed by atoms with Crippen molar-refractivity contribution in [3.05, 3.63) is 6.42 Å². The summed E-state index contributed by atoms with van der Waals surface area (Å²) in [6.45, 7) is 2.22. The van der Waals surface area contributed by atoms with E-state index in [4.69, 9.17) is 5.11 Å². The van der Waals surface area contributed by atoms with E-state index in [1.54, 1.807) is 0 Å². The lowest BCUT2D eigenvalue weighted by molar-refractivity contribution is 0.298. The Morgan fingerprint density at radius 3 is 2.40 bits per heavy atom. The third-order valence-corrected chi connectivity index (χ3v) is 0.418. The molecule has 0 amide bonds. The van der Waals surface area contributed by atoms with Gasteiger partial charge in [-0.05, 0) is 12.8 Å². The van der Waals surface area contributed by atoms with Crippen LogP contribution in [0.15, 0.2) is 0 Å². The molecule has 0 saturated carbocycles. The molecular weight excluding hydrogens is 64.0 g/mol. The summed E-state index contributed by atoms with van der Waals surface area (Å²) in [5.74, 6) is 0. The minimum Gasteiger partial charge on any atom is -0.396 e. The topological polar surface area (TPSA) is 20.2 Å². The number of hydrogen-bond acceptors (Lipinski definition) is 1. The van der Waals surface area contributed by atoms with Gasteiger partial charge in [-0.25, -0.2) is 0 Å². The molecule has 0 atom stereocenters. The number of rotatable bonds is 2. The molecule has 0 aromatic heterocycles. The first kappa shape index (κ1) is 4.96. The van der Waals surface area contributed by atoms with Gasteiger partial charge in [0.15, 0.2) is 0 Å². The third-order valence-electron chi connectivity index (χ3n) is 0.418. The summed E-state index contributed by atoms with van der Waals surface area (Å²) in [6.07, 6.45) is 2.75. The smallest absolute Gasteiger partial charge is 0.0433 e. The van der Waals surface area contributed by atoms with Crippen molar-refractivity contribution in [1.82, 2.24) is 0 Å². The highest BCUT2D eigenvalue weighted by atomic mass is 16.2. The van der Waals surface area contributed by atoms with Crippen LogP contribution in [0.25, 0.3) is 0 Å². The summed E-state index contributed by atoms with van der Waals surface area (Å²) in [7, 11) is 0. The highest BCUT2D eigenvalue weighted by Crippen LogP contribution is 1.76. The molecule has 0 fully saturated rings. The van der Waals surface area contributed by atoms with Gasteiger partial charge in [0, 0.05) is 6.61 Å². The van der Waals surface area contributed by atoms with Gasteiger partial charge in [-0.3, -0.25) is 0 Å². The van der Waals surface area contributed by atoms with Gasteiger partial charge >= 0.3 is 0 Å². The van der Waals surface area contributed by atoms with Crippen molar-refractivity contribution in [1.29, 1.82) is 0 Å². The molecule has 0 aromatic carbocycles. The zero-order valence-electron chi connectivity index (χ0n) is 3.44. The maximum Gasteiger partial charge on any atom is 0.0433 e. The van der Waals surface area contributed by atoms with Gasteiger partial charge < -0.3 is 5.11 Å². The van der Waals surface area contributed by atoms with Crippen LogP contribution in [0.1, 0.15) is 13.3 Å². The maximum atomic E-state index is 8.04. The predicted molar refractivity (Wildman–Crippen MR) is 21.7 cm³/mol. The van der Waals surface area contributed by atoms with Gasteiger partial charge in [-0.2, -0.15) is 0 Å². The van der Waals surface area contributed by atoms with Gasteiger partial charge in [-0.1, -0.05) is 6.92 Å². The van der Waals surface area contributed by atoms with Gasteiger partial charge in [0.2, 0.25) is 0 Å². The molecule has 0 rings (SSSR count). The van der Waals surface area contributed by atoms with Crippen LogP contribution in [0.2, 0.25) is 0 Å². The second-order valence-electron chi connectivity index (χ2n) is 0.921. The van der Waals surface area contributed by atoms with Crippen LogP contribution in [-0.4, -0.2) is 11.7 Å². The minimum atomic E-state index is 0.288. The molecular formula is C4H9O. The summed E-state index contributed by atoms with van der Waals surface area (Å²) in [6, 6.07) is 0. The molecule has 0 aliphatic carbocycles. The van der Waals surface area contributed by atoms with E-state index in [-0.39, 0.29) is 6.61 Å². The highest BCUT2D eigenvalue weighted by molar-refractivity contribution is 4.50. The second kappa shape index (κ2) is 3.96. The normalized spacial score (nSPS) is 8.40. The van der Waals surface area contributed by atoms with Crippen LogP contribution < -0.4 is 0 Å². The van der Waals surface area contributed by atoms with E-state index in [2.05, 4.69) is 0 Å². The first-order chi connectivity index (χ1) is 2.41. The Morgan fingerprint density at radius 2 is 2.40 bits per heavy atom. The second-order valence-corrected chi connectivity index (χ2v) is 0.921. The molecule has 31 valence electrons. The van der Waals surface area contributed by atoms with E-state index in [0.717, 1.165) is 6.42 Å². The molecule has 1 heteroatoms. The molecule has 0 bridgehead atoms. The van der Waals surface area contributed by atoms with E-state index in [1.807, 2.05) is 13.3 Å². The van der Waals surface area contributed by atoms with E-state index in [0.29, 0.717) is 0 Å². The minimum absolute atomic E-state index is 0.288. The Balaban J connectivity index is 2.19. The molecule has 0 heterocycles. The number of unbranched alkanes of at least 4 members (excludes halogenated alkanes) is 1. The lowest BCUT2D eigenvalue weighted by Crippen LogP contribution is -1.76. The Labute approximate surface area is 32.6 Å². The zero-order valence-corrected chi connectivity index (χ0v) is 3.44. The Kier molecular flexibility index (Phi) is 3.93. The van der Waals surface area contributed by atoms with Crippen molar-refractivity contribution in [2.24, 2.45) is 0 Å². The Bertz CT molecular complexity index is 11.1. The Hall–Kier alpha value is -0.0400. The van der Waals surface area contributed by atoms with Crippen LogP contribution in [0.3, 0.4) is 0 Å². The van der Waals surface area contributed by atoms with Crippen LogP contribution in [0.5, 0.6) is 0 Å². The van der Waals surface area contributed by atoms with Crippen LogP contribution in [0.4, 0.5) is 0 Å². The third kappa shape index (κ3) is 3.96. The SMILES string of the molecule is C[CH]CCO. The van der Waals surface area contributed by atoms with Crippen LogP contribution >= 0.6 is 0 Å². The summed E-state index contributed by atoms with van der Waals surface area (Å²) in [5, 5.41) is 8.04. The maximum absolute atomic E-state index is 8.04. The summed E-state index contributed by atoms with van der Waals surface area (Å²) >= 11 is 0. The molecule has 0 saturated heterocycles. The van der Waals surface area contributed by atoms with E-state index >= 15 is 0 Å². The van der Waals surface area contributed by atoms with Crippen molar-refractivity contribution in [3.63, 3.8) is 0 Å². The van der Waals surface area contributed by atoms with Crippen molar-refractivity contribution in [2.45, 2.75) is 13.3 Å². The van der Waals surface area contributed by atoms with E-state index < -0.39 is 0 Å². The van der Waals surface area contributed by atoms with Crippen molar-refractivity contribution in [2.75, 3.05) is 6.61 Å². The lowest BCUT2D eigenvalue weighted by atomic mass is 10.4. The molecule has 1 radical (unpaired) electrons. The average Bonchev–Trinajstić information content (AvgIpc) is 1.41. The highest BCUT2D eigenvalue weighted by Gasteiger charge is 1.69. The van der Waals surface area contributed by atoms with Crippen molar-refractivity contribution >= 4 is 0 Å². The van der Waals surface area contributed by atoms with Gasteiger partial charge in [0.05, 0.1) is 0 Å². The summed E-state index contributed by atoms with van der Waals surface area (Å²) in [5.41, 5.74) is 0. The molecule has 0 aliphatic heterocycles.